The minimum atomic E-state index is -0.336. The Labute approximate surface area is 101 Å². The molecule has 0 saturated carbocycles. The molecule has 0 saturated heterocycles. The first-order chi connectivity index (χ1) is 8.79. The predicted molar refractivity (Wildman–Crippen MR) is 66.9 cm³/mol. The van der Waals surface area contributed by atoms with Crippen molar-refractivity contribution in [2.45, 2.75) is 0 Å². The number of rotatable bonds is 2. The van der Waals surface area contributed by atoms with Gasteiger partial charge in [0.1, 0.15) is 17.0 Å². The highest BCUT2D eigenvalue weighted by molar-refractivity contribution is 5.93. The summed E-state index contributed by atoms with van der Waals surface area (Å²) in [7, 11) is 0. The number of aromatic nitrogens is 2. The molecule has 4 nitrogen and oxygen atoms in total. The molecule has 1 aromatic heterocycles. The first kappa shape index (κ1) is 10.6. The molecule has 0 atom stereocenters. The van der Waals surface area contributed by atoms with Crippen molar-refractivity contribution in [2.75, 3.05) is 0 Å². The van der Waals surface area contributed by atoms with E-state index in [0.717, 1.165) is 5.39 Å². The van der Waals surface area contributed by atoms with Crippen LogP contribution in [-0.2, 0) is 0 Å². The van der Waals surface area contributed by atoms with Crippen LogP contribution in [0.1, 0.15) is 0 Å². The summed E-state index contributed by atoms with van der Waals surface area (Å²) < 4.78 is 13.7. The SMILES string of the molecule is O=Nc1cc(-c2ccccc2F)cc2c[nH]nc12. The predicted octanol–water partition coefficient (Wildman–Crippen LogP) is 3.77. The van der Waals surface area contributed by atoms with E-state index >= 15 is 0 Å². The van der Waals surface area contributed by atoms with Crippen molar-refractivity contribution in [1.29, 1.82) is 0 Å². The molecular weight excluding hydrogens is 233 g/mol. The summed E-state index contributed by atoms with van der Waals surface area (Å²) in [5.41, 5.74) is 1.74. The summed E-state index contributed by atoms with van der Waals surface area (Å²) in [6, 6.07) is 9.70. The number of benzene rings is 2. The highest BCUT2D eigenvalue weighted by Gasteiger charge is 2.10. The second kappa shape index (κ2) is 4.03. The molecule has 0 spiro atoms. The zero-order valence-corrected chi connectivity index (χ0v) is 9.22. The van der Waals surface area contributed by atoms with Gasteiger partial charge in [0.05, 0.1) is 0 Å². The van der Waals surface area contributed by atoms with E-state index in [1.807, 2.05) is 0 Å². The molecule has 0 radical (unpaired) electrons. The third-order valence-corrected chi connectivity index (χ3v) is 2.80. The summed E-state index contributed by atoms with van der Waals surface area (Å²) >= 11 is 0. The van der Waals surface area contributed by atoms with Gasteiger partial charge in [0, 0.05) is 17.1 Å². The second-order valence-corrected chi connectivity index (χ2v) is 3.89. The van der Waals surface area contributed by atoms with E-state index in [1.54, 1.807) is 30.5 Å². The van der Waals surface area contributed by atoms with Crippen molar-refractivity contribution < 1.29 is 4.39 Å². The number of nitrogens with zero attached hydrogens (tertiary/aromatic N) is 2. The zero-order valence-electron chi connectivity index (χ0n) is 9.22. The minimum absolute atomic E-state index is 0.201. The number of H-pyrrole nitrogens is 1. The highest BCUT2D eigenvalue weighted by atomic mass is 19.1. The van der Waals surface area contributed by atoms with Gasteiger partial charge < -0.3 is 0 Å². The topological polar surface area (TPSA) is 58.1 Å². The van der Waals surface area contributed by atoms with Crippen molar-refractivity contribution >= 4 is 16.6 Å². The van der Waals surface area contributed by atoms with Gasteiger partial charge in [-0.15, -0.1) is 4.91 Å². The molecule has 5 heteroatoms. The van der Waals surface area contributed by atoms with Gasteiger partial charge >= 0.3 is 0 Å². The van der Waals surface area contributed by atoms with Gasteiger partial charge in [0.15, 0.2) is 0 Å². The molecule has 0 fully saturated rings. The third kappa shape index (κ3) is 1.57. The summed E-state index contributed by atoms with van der Waals surface area (Å²) in [6.45, 7) is 0. The fourth-order valence-electron chi connectivity index (χ4n) is 1.96. The zero-order chi connectivity index (χ0) is 12.5. The Hall–Kier alpha value is -2.56. The van der Waals surface area contributed by atoms with Crippen LogP contribution in [0, 0.1) is 10.7 Å². The van der Waals surface area contributed by atoms with Crippen LogP contribution in [0.15, 0.2) is 47.8 Å². The van der Waals surface area contributed by atoms with E-state index in [2.05, 4.69) is 15.4 Å². The number of nitroso groups, excluding NO2 is 1. The second-order valence-electron chi connectivity index (χ2n) is 3.89. The number of fused-ring (bicyclic) bond motifs is 1. The van der Waals surface area contributed by atoms with E-state index < -0.39 is 0 Å². The van der Waals surface area contributed by atoms with Gasteiger partial charge in [-0.05, 0) is 28.9 Å². The number of hydrogen-bond donors (Lipinski definition) is 1. The molecule has 0 aliphatic heterocycles. The standard InChI is InChI=1S/C13H8FN3O/c14-11-4-2-1-3-10(11)8-5-9-7-15-16-13(9)12(6-8)17-18/h1-7H,(H,15,16). The summed E-state index contributed by atoms with van der Waals surface area (Å²) in [6.07, 6.45) is 1.65. The van der Waals surface area contributed by atoms with Crippen LogP contribution in [0.4, 0.5) is 10.1 Å². The molecule has 0 amide bonds. The molecular formula is C13H8FN3O. The lowest BCUT2D eigenvalue weighted by Crippen LogP contribution is -1.83. The van der Waals surface area contributed by atoms with E-state index in [9.17, 15) is 9.30 Å². The quantitative estimate of drug-likeness (QED) is 0.694. The third-order valence-electron chi connectivity index (χ3n) is 2.80. The molecule has 1 heterocycles. The number of halogens is 1. The van der Waals surface area contributed by atoms with Crippen molar-refractivity contribution in [1.82, 2.24) is 10.2 Å². The van der Waals surface area contributed by atoms with Crippen molar-refractivity contribution in [2.24, 2.45) is 5.18 Å². The van der Waals surface area contributed by atoms with Crippen molar-refractivity contribution in [3.8, 4) is 11.1 Å². The van der Waals surface area contributed by atoms with Crippen LogP contribution in [0.25, 0.3) is 22.0 Å². The maximum Gasteiger partial charge on any atom is 0.136 e. The highest BCUT2D eigenvalue weighted by Crippen LogP contribution is 2.32. The van der Waals surface area contributed by atoms with Crippen LogP contribution in [0.3, 0.4) is 0 Å². The fourth-order valence-corrected chi connectivity index (χ4v) is 1.96. The molecule has 1 N–H and O–H groups in total. The molecule has 3 rings (SSSR count). The van der Waals surface area contributed by atoms with Crippen LogP contribution >= 0.6 is 0 Å². The summed E-state index contributed by atoms with van der Waals surface area (Å²) in [4.78, 5) is 10.8. The Bertz CT molecular complexity index is 736. The van der Waals surface area contributed by atoms with Crippen LogP contribution in [-0.4, -0.2) is 10.2 Å². The number of aromatic amines is 1. The van der Waals surface area contributed by atoms with E-state index in [4.69, 9.17) is 0 Å². The molecule has 2 aromatic carbocycles. The Morgan fingerprint density at radius 2 is 2.06 bits per heavy atom. The Morgan fingerprint density at radius 3 is 2.83 bits per heavy atom. The van der Waals surface area contributed by atoms with Crippen molar-refractivity contribution in [3.05, 3.63) is 53.3 Å². The van der Waals surface area contributed by atoms with Gasteiger partial charge in [-0.1, -0.05) is 18.2 Å². The maximum atomic E-state index is 13.7. The monoisotopic (exact) mass is 241 g/mol. The molecule has 18 heavy (non-hydrogen) atoms. The largest absolute Gasteiger partial charge is 0.284 e. The van der Waals surface area contributed by atoms with Crippen LogP contribution in [0.2, 0.25) is 0 Å². The Kier molecular flexibility index (Phi) is 2.37. The van der Waals surface area contributed by atoms with E-state index in [1.165, 1.54) is 12.1 Å². The lowest BCUT2D eigenvalue weighted by Gasteiger charge is -2.04. The molecule has 0 unspecified atom stereocenters. The average Bonchev–Trinajstić information content (AvgIpc) is 2.86. The van der Waals surface area contributed by atoms with Gasteiger partial charge in [0.2, 0.25) is 0 Å². The maximum absolute atomic E-state index is 13.7. The number of hydrogen-bond acceptors (Lipinski definition) is 3. The summed E-state index contributed by atoms with van der Waals surface area (Å²) in [5, 5.41) is 10.3. The van der Waals surface area contributed by atoms with Gasteiger partial charge in [-0.2, -0.15) is 5.10 Å². The molecule has 88 valence electrons. The first-order valence-corrected chi connectivity index (χ1v) is 5.35. The van der Waals surface area contributed by atoms with Gasteiger partial charge in [0.25, 0.3) is 0 Å². The van der Waals surface area contributed by atoms with Gasteiger partial charge in [-0.25, -0.2) is 4.39 Å². The minimum Gasteiger partial charge on any atom is -0.284 e. The van der Waals surface area contributed by atoms with Crippen molar-refractivity contribution in [3.63, 3.8) is 0 Å². The van der Waals surface area contributed by atoms with Crippen LogP contribution in [0.5, 0.6) is 0 Å². The smallest absolute Gasteiger partial charge is 0.136 e. The van der Waals surface area contributed by atoms with Crippen LogP contribution < -0.4 is 0 Å². The lowest BCUT2D eigenvalue weighted by molar-refractivity contribution is 0.631. The molecule has 0 bridgehead atoms. The van der Waals surface area contributed by atoms with E-state index in [0.29, 0.717) is 16.6 Å². The molecule has 0 aliphatic rings. The molecule has 3 aromatic rings. The fraction of sp³-hybridized carbons (Fsp3) is 0. The van der Waals surface area contributed by atoms with Gasteiger partial charge in [-0.3, -0.25) is 5.10 Å². The summed E-state index contributed by atoms with van der Waals surface area (Å²) in [5.74, 6) is -0.336. The first-order valence-electron chi connectivity index (χ1n) is 5.35. The Morgan fingerprint density at radius 1 is 1.22 bits per heavy atom. The lowest BCUT2D eigenvalue weighted by atomic mass is 10.0. The average molecular weight is 241 g/mol. The number of nitrogens with one attached hydrogen (secondary N) is 1. The normalized spacial score (nSPS) is 10.7. The van der Waals surface area contributed by atoms with E-state index in [-0.39, 0.29) is 11.5 Å². The molecule has 0 aliphatic carbocycles. The Balaban J connectivity index is 2.30.